The van der Waals surface area contributed by atoms with Gasteiger partial charge in [0.15, 0.2) is 0 Å². The molecule has 0 aliphatic carbocycles. The maximum absolute atomic E-state index is 13.7. The van der Waals surface area contributed by atoms with Crippen molar-refractivity contribution < 1.29 is 28.1 Å². The molecule has 3 aromatic rings. The fourth-order valence-corrected chi connectivity index (χ4v) is 2.85. The molecule has 0 spiro atoms. The first-order valence-corrected chi connectivity index (χ1v) is 9.00. The van der Waals surface area contributed by atoms with Crippen molar-refractivity contribution in [3.8, 4) is 17.2 Å². The van der Waals surface area contributed by atoms with Gasteiger partial charge in [0.2, 0.25) is 0 Å². The number of hydrogen-bond acceptors (Lipinski definition) is 3. The fraction of sp³-hybridized carbons (Fsp3) is 0.0833. The summed E-state index contributed by atoms with van der Waals surface area (Å²) in [4.78, 5) is 0. The molecule has 3 aromatic carbocycles. The number of benzene rings is 3. The van der Waals surface area contributed by atoms with E-state index >= 15 is 0 Å². The molecule has 0 aromatic heterocycles. The van der Waals surface area contributed by atoms with E-state index in [1.807, 2.05) is 0 Å². The van der Waals surface area contributed by atoms with Gasteiger partial charge in [0, 0.05) is 5.56 Å². The van der Waals surface area contributed by atoms with Crippen LogP contribution in [0.5, 0.6) is 17.2 Å². The molecule has 0 bridgehead atoms. The van der Waals surface area contributed by atoms with E-state index < -0.39 is 11.7 Å². The molecular weight excluding hydrogens is 393 g/mol. The highest BCUT2D eigenvalue weighted by Crippen LogP contribution is 2.37. The minimum atomic E-state index is -4.55. The Morgan fingerprint density at radius 3 is 1.60 bits per heavy atom. The molecule has 30 heavy (non-hydrogen) atoms. The molecule has 0 heterocycles. The number of phenols is 2. The first kappa shape index (κ1) is 21.0. The fourth-order valence-electron chi connectivity index (χ4n) is 2.85. The van der Waals surface area contributed by atoms with Gasteiger partial charge in [-0.15, -0.1) is 0 Å². The average molecular weight is 412 g/mol. The van der Waals surface area contributed by atoms with Crippen LogP contribution < -0.4 is 4.74 Å². The smallest absolute Gasteiger partial charge is 0.417 e. The summed E-state index contributed by atoms with van der Waals surface area (Å²) in [5, 5.41) is 18.7. The molecule has 0 radical (unpaired) electrons. The minimum absolute atomic E-state index is 0.0331. The third-order valence-electron chi connectivity index (χ3n) is 4.40. The SMILES string of the molecule is COc1cc(/C=C/c2ccc(O)cc2)c(C(F)(F)F)cc1/C=C/c1ccc(O)cc1. The Kier molecular flexibility index (Phi) is 6.16. The first-order valence-electron chi connectivity index (χ1n) is 9.00. The van der Waals surface area contributed by atoms with Gasteiger partial charge in [0.25, 0.3) is 0 Å². The van der Waals surface area contributed by atoms with E-state index in [4.69, 9.17) is 4.74 Å². The molecule has 0 fully saturated rings. The zero-order chi connectivity index (χ0) is 21.7. The van der Waals surface area contributed by atoms with Crippen molar-refractivity contribution >= 4 is 24.3 Å². The summed E-state index contributed by atoms with van der Waals surface area (Å²) in [6.45, 7) is 0. The summed E-state index contributed by atoms with van der Waals surface area (Å²) in [6.07, 6.45) is 1.53. The number of aromatic hydroxyl groups is 2. The lowest BCUT2D eigenvalue weighted by Gasteiger charge is -2.14. The zero-order valence-corrected chi connectivity index (χ0v) is 16.0. The van der Waals surface area contributed by atoms with Crippen LogP contribution in [-0.2, 0) is 6.18 Å². The maximum atomic E-state index is 13.7. The molecule has 0 saturated carbocycles. The lowest BCUT2D eigenvalue weighted by molar-refractivity contribution is -0.137. The van der Waals surface area contributed by atoms with Crippen LogP contribution in [0, 0.1) is 0 Å². The first-order chi connectivity index (χ1) is 14.3. The van der Waals surface area contributed by atoms with Gasteiger partial charge in [-0.05, 0) is 53.1 Å². The summed E-state index contributed by atoms with van der Waals surface area (Å²) in [7, 11) is 1.40. The Labute approximate surface area is 172 Å². The number of phenolic OH excluding ortho intramolecular Hbond substituents is 2. The van der Waals surface area contributed by atoms with E-state index in [0.717, 1.165) is 11.6 Å². The summed E-state index contributed by atoms with van der Waals surface area (Å²) in [5.74, 6) is 0.479. The molecule has 0 aliphatic heterocycles. The minimum Gasteiger partial charge on any atom is -0.508 e. The summed E-state index contributed by atoms with van der Waals surface area (Å²) >= 11 is 0. The zero-order valence-electron chi connectivity index (χ0n) is 16.0. The molecule has 0 aliphatic rings. The van der Waals surface area contributed by atoms with Gasteiger partial charge < -0.3 is 14.9 Å². The van der Waals surface area contributed by atoms with Crippen LogP contribution in [0.2, 0.25) is 0 Å². The second-order valence-corrected chi connectivity index (χ2v) is 6.53. The predicted molar refractivity (Wildman–Crippen MR) is 112 cm³/mol. The standard InChI is InChI=1S/C24H19F3O3/c1-30-23-15-18(8-2-16-4-10-20(28)11-5-16)22(24(25,26)27)14-19(23)9-3-17-6-12-21(29)13-7-17/h2-15,28-29H,1H3/b8-2+,9-3+. The highest BCUT2D eigenvalue weighted by atomic mass is 19.4. The van der Waals surface area contributed by atoms with E-state index in [2.05, 4.69) is 0 Å². The van der Waals surface area contributed by atoms with Crippen molar-refractivity contribution in [2.75, 3.05) is 7.11 Å². The van der Waals surface area contributed by atoms with E-state index in [1.54, 1.807) is 30.3 Å². The van der Waals surface area contributed by atoms with Crippen molar-refractivity contribution in [1.29, 1.82) is 0 Å². The monoisotopic (exact) mass is 412 g/mol. The third-order valence-corrected chi connectivity index (χ3v) is 4.40. The Morgan fingerprint density at radius 2 is 1.17 bits per heavy atom. The van der Waals surface area contributed by atoms with E-state index in [9.17, 15) is 23.4 Å². The molecule has 0 atom stereocenters. The highest BCUT2D eigenvalue weighted by Gasteiger charge is 2.33. The third kappa shape index (κ3) is 5.23. The molecule has 2 N–H and O–H groups in total. The molecule has 0 amide bonds. The average Bonchev–Trinajstić information content (AvgIpc) is 2.72. The lowest BCUT2D eigenvalue weighted by atomic mass is 10.00. The number of ether oxygens (including phenoxy) is 1. The predicted octanol–water partition coefficient (Wildman–Crippen LogP) is 6.47. The molecule has 154 valence electrons. The van der Waals surface area contributed by atoms with Crippen LogP contribution in [0.25, 0.3) is 24.3 Å². The van der Waals surface area contributed by atoms with Gasteiger partial charge in [-0.1, -0.05) is 48.6 Å². The Hall–Kier alpha value is -3.67. The summed E-state index contributed by atoms with van der Waals surface area (Å²) < 4.78 is 46.4. The van der Waals surface area contributed by atoms with Gasteiger partial charge in [-0.25, -0.2) is 0 Å². The number of rotatable bonds is 5. The van der Waals surface area contributed by atoms with Gasteiger partial charge in [0.05, 0.1) is 12.7 Å². The molecule has 0 saturated heterocycles. The Morgan fingerprint density at radius 1 is 0.700 bits per heavy atom. The number of alkyl halides is 3. The molecule has 6 heteroatoms. The van der Waals surface area contributed by atoms with E-state index in [0.29, 0.717) is 11.3 Å². The Balaban J connectivity index is 2.01. The van der Waals surface area contributed by atoms with Crippen LogP contribution in [0.1, 0.15) is 27.8 Å². The van der Waals surface area contributed by atoms with Gasteiger partial charge in [-0.2, -0.15) is 13.2 Å². The number of halogens is 3. The lowest BCUT2D eigenvalue weighted by Crippen LogP contribution is -2.08. The van der Waals surface area contributed by atoms with Crippen molar-refractivity contribution in [1.82, 2.24) is 0 Å². The van der Waals surface area contributed by atoms with Gasteiger partial charge >= 0.3 is 6.18 Å². The van der Waals surface area contributed by atoms with E-state index in [-0.39, 0.29) is 22.6 Å². The largest absolute Gasteiger partial charge is 0.508 e. The van der Waals surface area contributed by atoms with Crippen LogP contribution in [0.4, 0.5) is 13.2 Å². The number of methoxy groups -OCH3 is 1. The van der Waals surface area contributed by atoms with Crippen molar-refractivity contribution in [2.24, 2.45) is 0 Å². The topological polar surface area (TPSA) is 49.7 Å². The van der Waals surface area contributed by atoms with Crippen LogP contribution in [0.3, 0.4) is 0 Å². The van der Waals surface area contributed by atoms with Gasteiger partial charge in [0.1, 0.15) is 17.2 Å². The number of hydrogen-bond donors (Lipinski definition) is 2. The quantitative estimate of drug-likeness (QED) is 0.473. The molecule has 0 unspecified atom stereocenters. The maximum Gasteiger partial charge on any atom is 0.417 e. The second kappa shape index (κ2) is 8.78. The molecule has 3 rings (SSSR count). The van der Waals surface area contributed by atoms with Crippen LogP contribution in [-0.4, -0.2) is 17.3 Å². The molecular formula is C24H19F3O3. The molecule has 3 nitrogen and oxygen atoms in total. The highest BCUT2D eigenvalue weighted by molar-refractivity contribution is 5.78. The normalized spacial score (nSPS) is 12.0. The summed E-state index contributed by atoms with van der Waals surface area (Å²) in [6, 6.07) is 14.8. The van der Waals surface area contributed by atoms with Crippen molar-refractivity contribution in [2.45, 2.75) is 6.18 Å². The van der Waals surface area contributed by atoms with Crippen molar-refractivity contribution in [3.05, 3.63) is 88.5 Å². The van der Waals surface area contributed by atoms with E-state index in [1.165, 1.54) is 55.7 Å². The van der Waals surface area contributed by atoms with Crippen LogP contribution >= 0.6 is 0 Å². The van der Waals surface area contributed by atoms with Gasteiger partial charge in [-0.3, -0.25) is 0 Å². The van der Waals surface area contributed by atoms with Crippen molar-refractivity contribution in [3.63, 3.8) is 0 Å². The van der Waals surface area contributed by atoms with Crippen LogP contribution in [0.15, 0.2) is 60.7 Å². The Bertz CT molecular complexity index is 1060. The second-order valence-electron chi connectivity index (χ2n) is 6.53. The summed E-state index contributed by atoms with van der Waals surface area (Å²) in [5.41, 5.74) is 0.827.